The molecule has 0 saturated heterocycles. The summed E-state index contributed by atoms with van der Waals surface area (Å²) in [6.07, 6.45) is 1.59. The van der Waals surface area contributed by atoms with E-state index >= 15 is 0 Å². The summed E-state index contributed by atoms with van der Waals surface area (Å²) in [7, 11) is 0. The van der Waals surface area contributed by atoms with Crippen LogP contribution in [-0.2, 0) is 0 Å². The average Bonchev–Trinajstić information content (AvgIpc) is 2.95. The highest BCUT2D eigenvalue weighted by molar-refractivity contribution is 6.31. The summed E-state index contributed by atoms with van der Waals surface area (Å²) in [6, 6.07) is 14.7. The highest BCUT2D eigenvalue weighted by atomic mass is 35.5. The molecule has 5 heteroatoms. The van der Waals surface area contributed by atoms with Gasteiger partial charge in [-0.25, -0.2) is 0 Å². The molecule has 1 amide bonds. The number of carbonyl (C=O) groups is 2. The second-order valence-electron chi connectivity index (χ2n) is 5.48. The first-order valence-electron chi connectivity index (χ1n) is 7.71. The summed E-state index contributed by atoms with van der Waals surface area (Å²) in [6.45, 7) is 3.92. The van der Waals surface area contributed by atoms with Gasteiger partial charge in [-0.3, -0.25) is 14.2 Å². The van der Waals surface area contributed by atoms with E-state index in [4.69, 9.17) is 11.6 Å². The molecule has 3 rings (SSSR count). The molecule has 1 heterocycles. The molecule has 0 atom stereocenters. The van der Waals surface area contributed by atoms with Crippen LogP contribution in [0.4, 0.5) is 5.69 Å². The van der Waals surface area contributed by atoms with Gasteiger partial charge >= 0.3 is 0 Å². The largest absolute Gasteiger partial charge is 0.309 e. The first-order chi connectivity index (χ1) is 11.5. The number of aromatic nitrogens is 1. The number of carbonyl (C=O) groups excluding carboxylic acids is 2. The molecule has 0 unspecified atom stereocenters. The SMILES string of the molecule is CCN(C(=O)c1cn(C(C)=O)c2cc(Cl)ccc12)c1ccccc1. The Morgan fingerprint density at radius 1 is 1.12 bits per heavy atom. The Kier molecular flexibility index (Phi) is 4.40. The van der Waals surface area contributed by atoms with Crippen LogP contribution >= 0.6 is 11.6 Å². The fourth-order valence-corrected chi connectivity index (χ4v) is 2.99. The van der Waals surface area contributed by atoms with Crippen molar-refractivity contribution in [2.24, 2.45) is 0 Å². The van der Waals surface area contributed by atoms with Gasteiger partial charge in [-0.15, -0.1) is 0 Å². The zero-order chi connectivity index (χ0) is 17.3. The number of hydrogen-bond donors (Lipinski definition) is 0. The van der Waals surface area contributed by atoms with E-state index in [1.54, 1.807) is 29.3 Å². The molecule has 0 bridgehead atoms. The van der Waals surface area contributed by atoms with Crippen LogP contribution in [0.1, 0.15) is 29.0 Å². The minimum absolute atomic E-state index is 0.143. The third-order valence-corrected chi connectivity index (χ3v) is 4.20. The van der Waals surface area contributed by atoms with Gasteiger partial charge in [-0.05, 0) is 31.2 Å². The quantitative estimate of drug-likeness (QED) is 0.698. The van der Waals surface area contributed by atoms with E-state index in [-0.39, 0.29) is 11.8 Å². The van der Waals surface area contributed by atoms with Crippen molar-refractivity contribution in [3.63, 3.8) is 0 Å². The van der Waals surface area contributed by atoms with Gasteiger partial charge in [-0.2, -0.15) is 0 Å². The lowest BCUT2D eigenvalue weighted by Crippen LogP contribution is -2.30. The Bertz CT molecular complexity index is 916. The van der Waals surface area contributed by atoms with Gasteiger partial charge in [0.1, 0.15) is 0 Å². The third-order valence-electron chi connectivity index (χ3n) is 3.97. The van der Waals surface area contributed by atoms with Crippen LogP contribution in [0.2, 0.25) is 5.02 Å². The van der Waals surface area contributed by atoms with Crippen LogP contribution in [0.3, 0.4) is 0 Å². The van der Waals surface area contributed by atoms with Crippen molar-refractivity contribution in [2.45, 2.75) is 13.8 Å². The monoisotopic (exact) mass is 340 g/mol. The van der Waals surface area contributed by atoms with Crippen molar-refractivity contribution in [1.29, 1.82) is 0 Å². The number of amides is 1. The standard InChI is InChI=1S/C19H17ClN2O2/c1-3-21(15-7-5-4-6-8-15)19(24)17-12-22(13(2)23)18-11-14(20)9-10-16(17)18/h4-12H,3H2,1-2H3. The van der Waals surface area contributed by atoms with Crippen molar-refractivity contribution in [3.05, 3.63) is 65.3 Å². The first-order valence-corrected chi connectivity index (χ1v) is 8.09. The van der Waals surface area contributed by atoms with Crippen LogP contribution in [0, 0.1) is 0 Å². The van der Waals surface area contributed by atoms with Gasteiger partial charge in [0.25, 0.3) is 5.91 Å². The second-order valence-corrected chi connectivity index (χ2v) is 5.91. The minimum atomic E-state index is -0.163. The summed E-state index contributed by atoms with van der Waals surface area (Å²) >= 11 is 6.05. The van der Waals surface area contributed by atoms with E-state index in [0.717, 1.165) is 5.69 Å². The molecule has 0 aliphatic rings. The number of anilines is 1. The molecule has 2 aromatic carbocycles. The summed E-state index contributed by atoms with van der Waals surface area (Å²) in [5.74, 6) is -0.305. The van der Waals surface area contributed by atoms with E-state index < -0.39 is 0 Å². The van der Waals surface area contributed by atoms with Gasteiger partial charge in [0.2, 0.25) is 5.91 Å². The Morgan fingerprint density at radius 3 is 2.46 bits per heavy atom. The third kappa shape index (κ3) is 2.81. The fraction of sp³-hybridized carbons (Fsp3) is 0.158. The van der Waals surface area contributed by atoms with Crippen molar-refractivity contribution in [1.82, 2.24) is 4.57 Å². The minimum Gasteiger partial charge on any atom is -0.309 e. The van der Waals surface area contributed by atoms with Crippen LogP contribution < -0.4 is 4.90 Å². The summed E-state index contributed by atoms with van der Waals surface area (Å²) in [5.41, 5.74) is 1.95. The molecule has 0 saturated carbocycles. The zero-order valence-electron chi connectivity index (χ0n) is 13.5. The van der Waals surface area contributed by atoms with E-state index in [2.05, 4.69) is 0 Å². The molecule has 0 aliphatic heterocycles. The fourth-order valence-electron chi connectivity index (χ4n) is 2.83. The average molecular weight is 341 g/mol. The zero-order valence-corrected chi connectivity index (χ0v) is 14.2. The molecule has 0 N–H and O–H groups in total. The maximum atomic E-state index is 13.1. The molecule has 122 valence electrons. The molecule has 4 nitrogen and oxygen atoms in total. The van der Waals surface area contributed by atoms with E-state index in [9.17, 15) is 9.59 Å². The van der Waals surface area contributed by atoms with Crippen LogP contribution in [-0.4, -0.2) is 22.9 Å². The maximum Gasteiger partial charge on any atom is 0.260 e. The van der Waals surface area contributed by atoms with Crippen LogP contribution in [0.15, 0.2) is 54.7 Å². The molecule has 3 aromatic rings. The highest BCUT2D eigenvalue weighted by Crippen LogP contribution is 2.27. The summed E-state index contributed by atoms with van der Waals surface area (Å²) < 4.78 is 1.47. The molecule has 0 spiro atoms. The smallest absolute Gasteiger partial charge is 0.260 e. The predicted octanol–water partition coefficient (Wildman–Crippen LogP) is 4.62. The number of para-hydroxylation sites is 1. The molecular formula is C19H17ClN2O2. The maximum absolute atomic E-state index is 13.1. The van der Waals surface area contributed by atoms with Gasteiger partial charge in [0, 0.05) is 35.8 Å². The Morgan fingerprint density at radius 2 is 1.83 bits per heavy atom. The van der Waals surface area contributed by atoms with Crippen LogP contribution in [0.25, 0.3) is 10.9 Å². The van der Waals surface area contributed by atoms with Crippen molar-refractivity contribution in [2.75, 3.05) is 11.4 Å². The van der Waals surface area contributed by atoms with Crippen molar-refractivity contribution >= 4 is 40.0 Å². The first kappa shape index (κ1) is 16.3. The van der Waals surface area contributed by atoms with E-state index in [1.165, 1.54) is 11.5 Å². The van der Waals surface area contributed by atoms with Crippen molar-refractivity contribution < 1.29 is 9.59 Å². The molecule has 0 radical (unpaired) electrons. The highest BCUT2D eigenvalue weighted by Gasteiger charge is 2.22. The molecule has 24 heavy (non-hydrogen) atoms. The lowest BCUT2D eigenvalue weighted by molar-refractivity contribution is 0.0941. The van der Waals surface area contributed by atoms with Crippen LogP contribution in [0.5, 0.6) is 0 Å². The van der Waals surface area contributed by atoms with Crippen molar-refractivity contribution in [3.8, 4) is 0 Å². The number of nitrogens with zero attached hydrogens (tertiary/aromatic N) is 2. The van der Waals surface area contributed by atoms with E-state index in [1.807, 2.05) is 37.3 Å². The van der Waals surface area contributed by atoms with Gasteiger partial charge in [0.15, 0.2) is 0 Å². The lowest BCUT2D eigenvalue weighted by Gasteiger charge is -2.20. The Labute approximate surface area is 145 Å². The topological polar surface area (TPSA) is 42.3 Å². The summed E-state index contributed by atoms with van der Waals surface area (Å²) in [4.78, 5) is 26.7. The van der Waals surface area contributed by atoms with E-state index in [0.29, 0.717) is 28.0 Å². The number of halogens is 1. The number of fused-ring (bicyclic) bond motifs is 1. The molecule has 0 aliphatic carbocycles. The van der Waals surface area contributed by atoms with Gasteiger partial charge in [0.05, 0.1) is 11.1 Å². The normalized spacial score (nSPS) is 10.8. The lowest BCUT2D eigenvalue weighted by atomic mass is 10.1. The molecule has 1 aromatic heterocycles. The predicted molar refractivity (Wildman–Crippen MR) is 97.0 cm³/mol. The van der Waals surface area contributed by atoms with Gasteiger partial charge < -0.3 is 4.90 Å². The number of hydrogen-bond acceptors (Lipinski definition) is 2. The Hall–Kier alpha value is -2.59. The second kappa shape index (κ2) is 6.49. The molecular weight excluding hydrogens is 324 g/mol. The Balaban J connectivity index is 2.15. The summed E-state index contributed by atoms with van der Waals surface area (Å²) in [5, 5.41) is 1.24. The molecule has 0 fully saturated rings. The number of benzene rings is 2. The number of rotatable bonds is 3. The van der Waals surface area contributed by atoms with Gasteiger partial charge in [-0.1, -0.05) is 35.9 Å².